The van der Waals surface area contributed by atoms with Gasteiger partial charge in [0.25, 0.3) is 0 Å². The number of unbranched alkanes of at least 4 members (excludes halogenated alkanes) is 1. The van der Waals surface area contributed by atoms with Crippen LogP contribution >= 0.6 is 11.8 Å². The van der Waals surface area contributed by atoms with Crippen LogP contribution in [0.4, 0.5) is 30.7 Å². The lowest BCUT2D eigenvalue weighted by molar-refractivity contribution is -0.355. The molecule has 2 nitrogen and oxygen atoms in total. The molecule has 0 aromatic carbocycles. The molecule has 150 valence electrons. The maximum absolute atomic E-state index is 13.2. The first-order valence-electron chi connectivity index (χ1n) is 8.01. The van der Waals surface area contributed by atoms with Crippen LogP contribution in [-0.4, -0.2) is 41.6 Å². The number of halogens is 7. The summed E-state index contributed by atoms with van der Waals surface area (Å²) in [6, 6.07) is 0. The molecule has 0 aliphatic heterocycles. The van der Waals surface area contributed by atoms with Gasteiger partial charge in [0.15, 0.2) is 0 Å². The summed E-state index contributed by atoms with van der Waals surface area (Å²) in [6.07, 6.45) is -6.00. The molecule has 0 aliphatic rings. The third kappa shape index (κ3) is 7.62. The van der Waals surface area contributed by atoms with Crippen LogP contribution in [0.5, 0.6) is 0 Å². The monoisotopic (exact) mass is 400 g/mol. The molecule has 0 fully saturated rings. The zero-order chi connectivity index (χ0) is 19.7. The molecule has 0 rings (SSSR count). The lowest BCUT2D eigenvalue weighted by atomic mass is 10.1. The van der Waals surface area contributed by atoms with Crippen molar-refractivity contribution in [1.82, 2.24) is 0 Å². The van der Waals surface area contributed by atoms with Crippen LogP contribution in [0.2, 0.25) is 0 Å². The Hall–Kier alpha value is -0.670. The molecule has 0 amide bonds. The van der Waals surface area contributed by atoms with Crippen LogP contribution in [0.15, 0.2) is 0 Å². The van der Waals surface area contributed by atoms with Gasteiger partial charge in [0.2, 0.25) is 0 Å². The van der Waals surface area contributed by atoms with Gasteiger partial charge in [-0.05, 0) is 25.0 Å². The highest BCUT2D eigenvalue weighted by molar-refractivity contribution is 8.00. The summed E-state index contributed by atoms with van der Waals surface area (Å²) in [5.74, 6) is -11.9. The van der Waals surface area contributed by atoms with Gasteiger partial charge < -0.3 is 4.74 Å². The number of rotatable bonds is 12. The van der Waals surface area contributed by atoms with E-state index in [9.17, 15) is 35.5 Å². The van der Waals surface area contributed by atoms with E-state index in [1.165, 1.54) is 0 Å². The number of carbonyl (C=O) groups is 1. The summed E-state index contributed by atoms with van der Waals surface area (Å²) in [5.41, 5.74) is 0. The number of hydrogen-bond acceptors (Lipinski definition) is 3. The zero-order valence-corrected chi connectivity index (χ0v) is 14.9. The van der Waals surface area contributed by atoms with Crippen molar-refractivity contribution in [3.8, 4) is 0 Å². The fourth-order valence-corrected chi connectivity index (χ4v) is 2.97. The predicted octanol–water partition coefficient (Wildman–Crippen LogP) is 5.84. The van der Waals surface area contributed by atoms with Crippen molar-refractivity contribution in [2.75, 3.05) is 12.4 Å². The quantitative estimate of drug-likeness (QED) is 0.234. The lowest BCUT2D eigenvalue weighted by Gasteiger charge is -2.28. The van der Waals surface area contributed by atoms with Gasteiger partial charge in [-0.15, -0.1) is 11.8 Å². The van der Waals surface area contributed by atoms with E-state index in [0.717, 1.165) is 18.2 Å². The second-order valence-corrected chi connectivity index (χ2v) is 6.86. The number of carbonyl (C=O) groups excluding carboxylic acids is 1. The maximum atomic E-state index is 13.2. The first kappa shape index (κ1) is 24.3. The van der Waals surface area contributed by atoms with Crippen LogP contribution in [0.1, 0.15) is 52.4 Å². The molecule has 0 aliphatic carbocycles. The molecule has 0 N–H and O–H groups in total. The standard InChI is InChI=1S/C15H23F7O2S/c1-3-5-7-11(12(23)24-9-4-2)25-10-6-8-13(16,17)14(18,19)15(20,21)22/h11H,3-10H2,1-2H3. The van der Waals surface area contributed by atoms with Crippen molar-refractivity contribution >= 4 is 17.7 Å². The second kappa shape index (κ2) is 10.5. The Kier molecular flexibility index (Phi) is 10.2. The van der Waals surface area contributed by atoms with Crippen LogP contribution in [0.3, 0.4) is 0 Å². The summed E-state index contributed by atoms with van der Waals surface area (Å²) in [6.45, 7) is 3.89. The Morgan fingerprint density at radius 2 is 1.60 bits per heavy atom. The van der Waals surface area contributed by atoms with E-state index >= 15 is 0 Å². The van der Waals surface area contributed by atoms with E-state index < -0.39 is 42.1 Å². The Balaban J connectivity index is 4.55. The number of alkyl halides is 7. The van der Waals surface area contributed by atoms with Gasteiger partial charge in [0, 0.05) is 6.42 Å². The number of hydrogen-bond donors (Lipinski definition) is 0. The molecule has 0 aromatic rings. The molecule has 0 saturated carbocycles. The van der Waals surface area contributed by atoms with Crippen molar-refractivity contribution in [3.63, 3.8) is 0 Å². The molecule has 10 heteroatoms. The highest BCUT2D eigenvalue weighted by atomic mass is 32.2. The molecule has 0 radical (unpaired) electrons. The fraction of sp³-hybridized carbons (Fsp3) is 0.933. The van der Waals surface area contributed by atoms with E-state index in [0.29, 0.717) is 19.3 Å². The zero-order valence-electron chi connectivity index (χ0n) is 14.1. The van der Waals surface area contributed by atoms with Gasteiger partial charge in [-0.3, -0.25) is 4.79 Å². The highest BCUT2D eigenvalue weighted by Gasteiger charge is 2.72. The second-order valence-electron chi connectivity index (χ2n) is 5.55. The molecule has 1 atom stereocenters. The highest BCUT2D eigenvalue weighted by Crippen LogP contribution is 2.48. The Labute approximate surface area is 146 Å². The van der Waals surface area contributed by atoms with E-state index in [-0.39, 0.29) is 12.4 Å². The van der Waals surface area contributed by atoms with Gasteiger partial charge in [0.05, 0.1) is 6.61 Å². The molecule has 0 spiro atoms. The first-order chi connectivity index (χ1) is 11.4. The molecular weight excluding hydrogens is 377 g/mol. The Morgan fingerprint density at radius 3 is 2.08 bits per heavy atom. The van der Waals surface area contributed by atoms with Gasteiger partial charge in [0.1, 0.15) is 5.25 Å². The number of thioether (sulfide) groups is 1. The normalized spacial score (nSPS) is 14.4. The molecule has 1 unspecified atom stereocenters. The Morgan fingerprint density at radius 1 is 1.00 bits per heavy atom. The summed E-state index contributed by atoms with van der Waals surface area (Å²) in [5, 5.41) is -0.636. The van der Waals surface area contributed by atoms with Crippen LogP contribution in [0, 0.1) is 0 Å². The fourth-order valence-electron chi connectivity index (χ4n) is 1.84. The third-order valence-electron chi connectivity index (χ3n) is 3.30. The molecule has 0 heterocycles. The van der Waals surface area contributed by atoms with Crippen molar-refractivity contribution in [1.29, 1.82) is 0 Å². The molecule has 25 heavy (non-hydrogen) atoms. The first-order valence-corrected chi connectivity index (χ1v) is 9.06. The SMILES string of the molecule is CCCCC(SCCCC(F)(F)C(F)(F)C(F)(F)F)C(=O)OCCC. The van der Waals surface area contributed by atoms with Crippen molar-refractivity contribution in [2.45, 2.75) is 75.6 Å². The average Bonchev–Trinajstić information content (AvgIpc) is 2.50. The van der Waals surface area contributed by atoms with Crippen LogP contribution in [-0.2, 0) is 9.53 Å². The lowest BCUT2D eigenvalue weighted by Crippen LogP contribution is -2.51. The summed E-state index contributed by atoms with van der Waals surface area (Å²) in [7, 11) is 0. The largest absolute Gasteiger partial charge is 0.465 e. The van der Waals surface area contributed by atoms with E-state index in [2.05, 4.69) is 0 Å². The molecule has 0 aromatic heterocycles. The van der Waals surface area contributed by atoms with Gasteiger partial charge in [-0.25, -0.2) is 0 Å². The van der Waals surface area contributed by atoms with E-state index in [1.807, 2.05) is 6.92 Å². The summed E-state index contributed by atoms with van der Waals surface area (Å²) < 4.78 is 93.0. The van der Waals surface area contributed by atoms with Crippen molar-refractivity contribution in [2.24, 2.45) is 0 Å². The topological polar surface area (TPSA) is 26.3 Å². The molecule has 0 saturated heterocycles. The van der Waals surface area contributed by atoms with Gasteiger partial charge >= 0.3 is 24.0 Å². The smallest absolute Gasteiger partial charge is 0.459 e. The number of ether oxygens (including phenoxy) is 1. The molecule has 0 bridgehead atoms. The van der Waals surface area contributed by atoms with E-state index in [1.54, 1.807) is 6.92 Å². The van der Waals surface area contributed by atoms with Crippen molar-refractivity contribution < 1.29 is 40.3 Å². The third-order valence-corrected chi connectivity index (χ3v) is 4.66. The minimum atomic E-state index is -6.31. The summed E-state index contributed by atoms with van der Waals surface area (Å²) >= 11 is 0.945. The van der Waals surface area contributed by atoms with Crippen LogP contribution in [0.25, 0.3) is 0 Å². The minimum Gasteiger partial charge on any atom is -0.465 e. The van der Waals surface area contributed by atoms with Crippen LogP contribution < -0.4 is 0 Å². The molecular formula is C15H23F7O2S. The number of esters is 1. The van der Waals surface area contributed by atoms with Gasteiger partial charge in [-0.1, -0.05) is 26.7 Å². The Bertz CT molecular complexity index is 400. The van der Waals surface area contributed by atoms with Crippen molar-refractivity contribution in [3.05, 3.63) is 0 Å². The average molecular weight is 400 g/mol. The van der Waals surface area contributed by atoms with E-state index in [4.69, 9.17) is 4.74 Å². The minimum absolute atomic E-state index is 0.140. The summed E-state index contributed by atoms with van der Waals surface area (Å²) in [4.78, 5) is 11.8. The van der Waals surface area contributed by atoms with Gasteiger partial charge in [-0.2, -0.15) is 30.7 Å². The maximum Gasteiger partial charge on any atom is 0.459 e. The predicted molar refractivity (Wildman–Crippen MR) is 82.2 cm³/mol.